The Morgan fingerprint density at radius 1 is 1.45 bits per heavy atom. The van der Waals surface area contributed by atoms with Gasteiger partial charge in [0.2, 0.25) is 0 Å². The molecule has 0 spiro atoms. The fourth-order valence-corrected chi connectivity index (χ4v) is 1.43. The third-order valence-corrected chi connectivity index (χ3v) is 2.10. The molecular formula is C9H18N2. The van der Waals surface area contributed by atoms with E-state index in [1.165, 1.54) is 12.1 Å². The average molecular weight is 154 g/mol. The predicted molar refractivity (Wildman–Crippen MR) is 48.5 cm³/mol. The van der Waals surface area contributed by atoms with E-state index < -0.39 is 0 Å². The molecule has 1 aliphatic rings. The lowest BCUT2D eigenvalue weighted by Gasteiger charge is -2.30. The number of hydrogen-bond donors (Lipinski definition) is 1. The highest BCUT2D eigenvalue weighted by Crippen LogP contribution is 2.08. The molecule has 0 aromatic carbocycles. The van der Waals surface area contributed by atoms with E-state index in [0.717, 1.165) is 32.6 Å². The van der Waals surface area contributed by atoms with Crippen LogP contribution in [0, 0.1) is 0 Å². The molecule has 11 heavy (non-hydrogen) atoms. The van der Waals surface area contributed by atoms with Gasteiger partial charge >= 0.3 is 0 Å². The van der Waals surface area contributed by atoms with Gasteiger partial charge in [0.15, 0.2) is 0 Å². The average Bonchev–Trinajstić information content (AvgIpc) is 2.07. The minimum atomic E-state index is 1.11. The first-order valence-electron chi connectivity index (χ1n) is 4.48. The van der Waals surface area contributed by atoms with Gasteiger partial charge in [-0.1, -0.05) is 19.9 Å². The topological polar surface area (TPSA) is 15.3 Å². The van der Waals surface area contributed by atoms with E-state index >= 15 is 0 Å². The van der Waals surface area contributed by atoms with Gasteiger partial charge in [-0.3, -0.25) is 0 Å². The van der Waals surface area contributed by atoms with Gasteiger partial charge in [-0.25, -0.2) is 0 Å². The largest absolute Gasteiger partial charge is 0.373 e. The van der Waals surface area contributed by atoms with Crippen molar-refractivity contribution in [1.82, 2.24) is 10.2 Å². The van der Waals surface area contributed by atoms with Crippen molar-refractivity contribution in [1.29, 1.82) is 0 Å². The van der Waals surface area contributed by atoms with Crippen LogP contribution in [0.5, 0.6) is 0 Å². The standard InChI is InChI=1S/C9H18N2/c1-3-4-9(2)11-7-5-10-6-8-11/h10H,2-8H2,1H3. The van der Waals surface area contributed by atoms with Gasteiger partial charge in [0.25, 0.3) is 0 Å². The summed E-state index contributed by atoms with van der Waals surface area (Å²) in [6.07, 6.45) is 2.36. The third kappa shape index (κ3) is 2.54. The third-order valence-electron chi connectivity index (χ3n) is 2.10. The Hall–Kier alpha value is -0.500. The van der Waals surface area contributed by atoms with E-state index in [4.69, 9.17) is 0 Å². The van der Waals surface area contributed by atoms with Crippen LogP contribution in [0.15, 0.2) is 12.3 Å². The summed E-state index contributed by atoms with van der Waals surface area (Å²) in [5.74, 6) is 0. The fraction of sp³-hybridized carbons (Fsp3) is 0.778. The minimum absolute atomic E-state index is 1.11. The van der Waals surface area contributed by atoms with Crippen molar-refractivity contribution in [2.75, 3.05) is 26.2 Å². The fourth-order valence-electron chi connectivity index (χ4n) is 1.43. The Balaban J connectivity index is 2.27. The van der Waals surface area contributed by atoms with Crippen LogP contribution in [0.25, 0.3) is 0 Å². The Labute approximate surface area is 69.3 Å². The molecule has 64 valence electrons. The first-order chi connectivity index (χ1) is 5.34. The van der Waals surface area contributed by atoms with Crippen molar-refractivity contribution in [2.24, 2.45) is 0 Å². The summed E-state index contributed by atoms with van der Waals surface area (Å²) >= 11 is 0. The van der Waals surface area contributed by atoms with Gasteiger partial charge < -0.3 is 10.2 Å². The van der Waals surface area contributed by atoms with Gasteiger partial charge in [-0.05, 0) is 6.42 Å². The molecule has 0 saturated carbocycles. The number of nitrogens with zero attached hydrogens (tertiary/aromatic N) is 1. The Bertz CT molecular complexity index is 126. The Morgan fingerprint density at radius 3 is 2.64 bits per heavy atom. The molecule has 1 N–H and O–H groups in total. The monoisotopic (exact) mass is 154 g/mol. The summed E-state index contributed by atoms with van der Waals surface area (Å²) < 4.78 is 0. The summed E-state index contributed by atoms with van der Waals surface area (Å²) in [6.45, 7) is 10.8. The van der Waals surface area contributed by atoms with Crippen molar-refractivity contribution in [3.8, 4) is 0 Å². The molecule has 1 heterocycles. The molecule has 0 aromatic rings. The molecule has 1 aliphatic heterocycles. The van der Waals surface area contributed by atoms with E-state index in [1.54, 1.807) is 0 Å². The summed E-state index contributed by atoms with van der Waals surface area (Å²) in [4.78, 5) is 2.39. The van der Waals surface area contributed by atoms with Crippen LogP contribution >= 0.6 is 0 Å². The van der Waals surface area contributed by atoms with Crippen molar-refractivity contribution in [3.63, 3.8) is 0 Å². The zero-order valence-corrected chi connectivity index (χ0v) is 7.40. The van der Waals surface area contributed by atoms with Crippen LogP contribution in [0.2, 0.25) is 0 Å². The van der Waals surface area contributed by atoms with Gasteiger partial charge in [-0.2, -0.15) is 0 Å². The maximum absolute atomic E-state index is 4.07. The SMILES string of the molecule is C=C(CCC)N1CCNCC1. The minimum Gasteiger partial charge on any atom is -0.373 e. The van der Waals surface area contributed by atoms with Gasteiger partial charge in [0.1, 0.15) is 0 Å². The molecule has 2 nitrogen and oxygen atoms in total. The van der Waals surface area contributed by atoms with Gasteiger partial charge in [-0.15, -0.1) is 0 Å². The second kappa shape index (κ2) is 4.39. The van der Waals surface area contributed by atoms with Crippen LogP contribution in [0.4, 0.5) is 0 Å². The van der Waals surface area contributed by atoms with E-state index in [2.05, 4.69) is 23.7 Å². The first-order valence-corrected chi connectivity index (χ1v) is 4.48. The summed E-state index contributed by atoms with van der Waals surface area (Å²) in [5, 5.41) is 3.33. The summed E-state index contributed by atoms with van der Waals surface area (Å²) in [5.41, 5.74) is 1.31. The zero-order chi connectivity index (χ0) is 8.10. The van der Waals surface area contributed by atoms with E-state index in [9.17, 15) is 0 Å². The van der Waals surface area contributed by atoms with Crippen LogP contribution in [0.3, 0.4) is 0 Å². The van der Waals surface area contributed by atoms with E-state index in [1.807, 2.05) is 0 Å². The zero-order valence-electron chi connectivity index (χ0n) is 7.40. The highest BCUT2D eigenvalue weighted by molar-refractivity contribution is 4.95. The molecule has 0 unspecified atom stereocenters. The van der Waals surface area contributed by atoms with Gasteiger partial charge in [0.05, 0.1) is 0 Å². The molecule has 0 radical (unpaired) electrons. The van der Waals surface area contributed by atoms with Crippen molar-refractivity contribution >= 4 is 0 Å². The number of piperazine rings is 1. The number of nitrogens with one attached hydrogen (secondary N) is 1. The normalized spacial score (nSPS) is 18.5. The van der Waals surface area contributed by atoms with Gasteiger partial charge in [0, 0.05) is 31.9 Å². The molecule has 0 aromatic heterocycles. The molecule has 1 rings (SSSR count). The van der Waals surface area contributed by atoms with Crippen LogP contribution < -0.4 is 5.32 Å². The van der Waals surface area contributed by atoms with Crippen molar-refractivity contribution < 1.29 is 0 Å². The maximum atomic E-state index is 4.07. The predicted octanol–water partition coefficient (Wildman–Crippen LogP) is 1.21. The molecule has 2 heteroatoms. The molecule has 0 aliphatic carbocycles. The second-order valence-electron chi connectivity index (χ2n) is 3.05. The highest BCUT2D eigenvalue weighted by atomic mass is 15.2. The summed E-state index contributed by atoms with van der Waals surface area (Å²) in [6, 6.07) is 0. The Kier molecular flexibility index (Phi) is 3.43. The van der Waals surface area contributed by atoms with E-state index in [0.29, 0.717) is 0 Å². The molecule has 0 amide bonds. The Morgan fingerprint density at radius 2 is 2.09 bits per heavy atom. The van der Waals surface area contributed by atoms with Crippen LogP contribution in [0.1, 0.15) is 19.8 Å². The lowest BCUT2D eigenvalue weighted by molar-refractivity contribution is 0.291. The van der Waals surface area contributed by atoms with Crippen LogP contribution in [-0.4, -0.2) is 31.1 Å². The molecule has 0 bridgehead atoms. The molecule has 1 fully saturated rings. The quantitative estimate of drug-likeness (QED) is 0.657. The van der Waals surface area contributed by atoms with Crippen LogP contribution in [-0.2, 0) is 0 Å². The smallest absolute Gasteiger partial charge is 0.0300 e. The molecular weight excluding hydrogens is 136 g/mol. The number of rotatable bonds is 3. The molecule has 1 saturated heterocycles. The summed E-state index contributed by atoms with van der Waals surface area (Å²) in [7, 11) is 0. The lowest BCUT2D eigenvalue weighted by atomic mass is 10.2. The lowest BCUT2D eigenvalue weighted by Crippen LogP contribution is -2.42. The second-order valence-corrected chi connectivity index (χ2v) is 3.05. The first kappa shape index (κ1) is 8.60. The highest BCUT2D eigenvalue weighted by Gasteiger charge is 2.09. The number of allylic oxidation sites excluding steroid dienone is 1. The van der Waals surface area contributed by atoms with Crippen molar-refractivity contribution in [2.45, 2.75) is 19.8 Å². The molecule has 0 atom stereocenters. The maximum Gasteiger partial charge on any atom is 0.0300 e. The van der Waals surface area contributed by atoms with Crippen molar-refractivity contribution in [3.05, 3.63) is 12.3 Å². The number of hydrogen-bond acceptors (Lipinski definition) is 2. The van der Waals surface area contributed by atoms with E-state index in [-0.39, 0.29) is 0 Å².